The molecule has 0 aliphatic heterocycles. The Morgan fingerprint density at radius 1 is 1.67 bits per heavy atom. The Hall–Kier alpha value is -0.290. The van der Waals surface area contributed by atoms with Gasteiger partial charge in [0.05, 0.1) is 6.07 Å². The summed E-state index contributed by atoms with van der Waals surface area (Å²) < 4.78 is 0. The third-order valence-corrected chi connectivity index (χ3v) is 0.865. The van der Waals surface area contributed by atoms with Crippen LogP contribution in [0, 0.1) is 11.3 Å². The van der Waals surface area contributed by atoms with Gasteiger partial charge in [-0.05, 0) is 12.5 Å². The van der Waals surface area contributed by atoms with Crippen LogP contribution in [0.3, 0.4) is 0 Å². The van der Waals surface area contributed by atoms with Crippen LogP contribution in [-0.4, -0.2) is 17.9 Å². The summed E-state index contributed by atoms with van der Waals surface area (Å²) in [5.41, 5.74) is 0. The number of nitrogens with zero attached hydrogens (tertiary/aromatic N) is 1. The molecule has 6 heavy (non-hydrogen) atoms. The summed E-state index contributed by atoms with van der Waals surface area (Å²) in [5.74, 6) is 0. The van der Waals surface area contributed by atoms with E-state index in [2.05, 4.69) is 0 Å². The van der Waals surface area contributed by atoms with Gasteiger partial charge in [0, 0.05) is 5.37 Å². The zero-order valence-electron chi connectivity index (χ0n) is 3.93. The van der Waals surface area contributed by atoms with Crippen molar-refractivity contribution >= 4 is 15.9 Å². The molecule has 1 nitrogen and oxygen atoms in total. The van der Waals surface area contributed by atoms with Gasteiger partial charge in [0.2, 0.25) is 0 Å². The van der Waals surface area contributed by atoms with E-state index in [1.807, 2.05) is 18.6 Å². The van der Waals surface area contributed by atoms with E-state index in [-0.39, 0.29) is 10.5 Å². The van der Waals surface area contributed by atoms with E-state index in [1.165, 1.54) is 0 Å². The van der Waals surface area contributed by atoms with Crippen LogP contribution in [0.25, 0.3) is 0 Å². The summed E-state index contributed by atoms with van der Waals surface area (Å²) in [5, 5.41) is 9.56. The minimum atomic E-state index is 0.198. The van der Waals surface area contributed by atoms with Gasteiger partial charge in [0.15, 0.2) is 0 Å². The molecule has 0 saturated heterocycles. The third kappa shape index (κ3) is 3.71. The average molecular weight is 101 g/mol. The largest absolute Gasteiger partial charge is 0.193 e. The molecule has 0 aromatic rings. The Morgan fingerprint density at radius 3 is 2.17 bits per heavy atom. The molecule has 0 fully saturated rings. The monoisotopic (exact) mass is 101 g/mol. The summed E-state index contributed by atoms with van der Waals surface area (Å²) in [6.45, 7) is 0. The Kier molecular flexibility index (Phi) is 2.78. The Bertz CT molecular complexity index is 94.6. The Morgan fingerprint density at radius 2 is 2.17 bits per heavy atom. The molecule has 0 saturated carbocycles. The van der Waals surface area contributed by atoms with E-state index in [4.69, 9.17) is 5.26 Å². The van der Waals surface area contributed by atoms with Gasteiger partial charge in [-0.15, -0.1) is 0 Å². The number of hydrogen-bond donors (Lipinski definition) is 0. The van der Waals surface area contributed by atoms with E-state index in [0.717, 1.165) is 0 Å². The molecule has 0 atom stereocenters. The van der Waals surface area contributed by atoms with Crippen molar-refractivity contribution in [2.24, 2.45) is 0 Å². The van der Waals surface area contributed by atoms with E-state index in [1.54, 1.807) is 5.37 Å². The minimum absolute atomic E-state index is 0.198. The van der Waals surface area contributed by atoms with E-state index >= 15 is 0 Å². The highest BCUT2D eigenvalue weighted by Gasteiger charge is 1.63. The van der Waals surface area contributed by atoms with Crippen molar-refractivity contribution in [3.8, 4) is 6.07 Å². The van der Waals surface area contributed by atoms with Crippen LogP contribution in [0.15, 0.2) is 0 Å². The second-order valence-corrected chi connectivity index (χ2v) is 3.12. The fraction of sp³-hybridized carbons (Fsp3) is 0.500. The lowest BCUT2D eigenvalue weighted by Gasteiger charge is -1.76. The first kappa shape index (κ1) is 5.71. The van der Waals surface area contributed by atoms with Gasteiger partial charge in [0.1, 0.15) is 0 Å². The molecule has 0 aromatic heterocycles. The van der Waals surface area contributed by atoms with Crippen molar-refractivity contribution in [2.45, 2.75) is 0 Å². The van der Waals surface area contributed by atoms with Gasteiger partial charge in [-0.1, -0.05) is 0 Å². The quantitative estimate of drug-likeness (QED) is 0.415. The molecular formula is C4H7NS. The van der Waals surface area contributed by atoms with E-state index < -0.39 is 0 Å². The van der Waals surface area contributed by atoms with Crippen LogP contribution >= 0.6 is 10.5 Å². The molecule has 0 rings (SSSR count). The molecule has 0 heterocycles. The number of hydrogen-bond acceptors (Lipinski definition) is 1. The molecular weight excluding hydrogens is 94.1 g/mol. The van der Waals surface area contributed by atoms with Gasteiger partial charge in [-0.3, -0.25) is 0 Å². The topological polar surface area (TPSA) is 23.8 Å². The second-order valence-electron chi connectivity index (χ2n) is 1.13. The van der Waals surface area contributed by atoms with Crippen molar-refractivity contribution in [1.82, 2.24) is 0 Å². The van der Waals surface area contributed by atoms with Gasteiger partial charge < -0.3 is 0 Å². The standard InChI is InChI=1S/C4H7NS/c1-6(2)4-3-5/h4H,1-2H3. The van der Waals surface area contributed by atoms with E-state index in [9.17, 15) is 0 Å². The number of rotatable bonds is 0. The van der Waals surface area contributed by atoms with Crippen LogP contribution in [-0.2, 0) is 0 Å². The fourth-order valence-electron chi connectivity index (χ4n) is 0.105. The van der Waals surface area contributed by atoms with E-state index in [0.29, 0.717) is 0 Å². The van der Waals surface area contributed by atoms with Crippen LogP contribution in [0.2, 0.25) is 0 Å². The third-order valence-electron chi connectivity index (χ3n) is 0.288. The molecule has 0 aromatic carbocycles. The van der Waals surface area contributed by atoms with Crippen LogP contribution in [0.5, 0.6) is 0 Å². The average Bonchev–Trinajstić information content (AvgIpc) is 1.35. The van der Waals surface area contributed by atoms with Crippen LogP contribution in [0.1, 0.15) is 0 Å². The molecule has 0 radical (unpaired) electrons. The Labute approximate surface area is 40.5 Å². The van der Waals surface area contributed by atoms with Gasteiger partial charge >= 0.3 is 0 Å². The Balaban J connectivity index is 3.51. The zero-order valence-corrected chi connectivity index (χ0v) is 4.75. The highest BCUT2D eigenvalue weighted by Crippen LogP contribution is 1.91. The maximum Gasteiger partial charge on any atom is 0.0972 e. The summed E-state index contributed by atoms with van der Waals surface area (Å²) in [7, 11) is 0.198. The molecule has 0 aliphatic carbocycles. The highest BCUT2D eigenvalue weighted by molar-refractivity contribution is 8.14. The van der Waals surface area contributed by atoms with Gasteiger partial charge in [-0.2, -0.15) is 15.7 Å². The minimum Gasteiger partial charge on any atom is -0.193 e. The van der Waals surface area contributed by atoms with Crippen molar-refractivity contribution in [2.75, 3.05) is 12.5 Å². The highest BCUT2D eigenvalue weighted by atomic mass is 32.2. The van der Waals surface area contributed by atoms with Crippen LogP contribution in [0.4, 0.5) is 0 Å². The molecule has 0 spiro atoms. The number of nitriles is 1. The molecule has 0 aliphatic rings. The second kappa shape index (κ2) is 2.92. The molecule has 0 amide bonds. The SMILES string of the molecule is CS(C)=CC#N. The summed E-state index contributed by atoms with van der Waals surface area (Å²) in [6, 6.07) is 1.95. The lowest BCUT2D eigenvalue weighted by atomic mass is 10.9. The zero-order chi connectivity index (χ0) is 4.99. The van der Waals surface area contributed by atoms with Crippen LogP contribution < -0.4 is 0 Å². The van der Waals surface area contributed by atoms with Crippen molar-refractivity contribution in [3.63, 3.8) is 0 Å². The molecule has 0 unspecified atom stereocenters. The first-order valence-corrected chi connectivity index (χ1v) is 3.67. The summed E-state index contributed by atoms with van der Waals surface area (Å²) in [6.07, 6.45) is 4.01. The molecule has 0 bridgehead atoms. The molecule has 34 valence electrons. The fourth-order valence-corrected chi connectivity index (χ4v) is 0.316. The van der Waals surface area contributed by atoms with Gasteiger partial charge in [-0.25, -0.2) is 0 Å². The summed E-state index contributed by atoms with van der Waals surface area (Å²) in [4.78, 5) is 0. The van der Waals surface area contributed by atoms with Crippen molar-refractivity contribution in [3.05, 3.63) is 0 Å². The lowest BCUT2D eigenvalue weighted by molar-refractivity contribution is 1.56. The maximum absolute atomic E-state index is 7.94. The summed E-state index contributed by atoms with van der Waals surface area (Å²) >= 11 is 0. The first-order valence-electron chi connectivity index (χ1n) is 1.56. The molecule has 0 N–H and O–H groups in total. The normalized spacial score (nSPS) is 7.67. The maximum atomic E-state index is 7.94. The lowest BCUT2D eigenvalue weighted by Crippen LogP contribution is -1.60. The predicted octanol–water partition coefficient (Wildman–Crippen LogP) is 0.841. The predicted molar refractivity (Wildman–Crippen MR) is 31.1 cm³/mol. The molecule has 2 heteroatoms. The van der Waals surface area contributed by atoms with Gasteiger partial charge in [0.25, 0.3) is 0 Å². The smallest absolute Gasteiger partial charge is 0.0972 e. The van der Waals surface area contributed by atoms with Crippen molar-refractivity contribution < 1.29 is 0 Å². The first-order chi connectivity index (χ1) is 2.77. The van der Waals surface area contributed by atoms with Crippen molar-refractivity contribution in [1.29, 1.82) is 5.26 Å².